The van der Waals surface area contributed by atoms with Crippen molar-refractivity contribution in [3.63, 3.8) is 0 Å². The average molecular weight is 416 g/mol. The summed E-state index contributed by atoms with van der Waals surface area (Å²) in [5, 5.41) is 11.7. The predicted octanol–water partition coefficient (Wildman–Crippen LogP) is 3.65. The lowest BCUT2D eigenvalue weighted by Gasteiger charge is -2.29. The van der Waals surface area contributed by atoms with E-state index in [0.29, 0.717) is 11.6 Å². The third-order valence-corrected chi connectivity index (χ3v) is 5.45. The van der Waals surface area contributed by atoms with Crippen molar-refractivity contribution in [2.24, 2.45) is 0 Å². The highest BCUT2D eigenvalue weighted by Gasteiger charge is 2.16. The molecule has 0 aliphatic carbocycles. The van der Waals surface area contributed by atoms with Crippen LogP contribution in [0.2, 0.25) is 0 Å². The van der Waals surface area contributed by atoms with Gasteiger partial charge in [-0.3, -0.25) is 0 Å². The second-order valence-corrected chi connectivity index (χ2v) is 7.88. The van der Waals surface area contributed by atoms with Gasteiger partial charge in [-0.15, -0.1) is 10.2 Å². The van der Waals surface area contributed by atoms with Gasteiger partial charge in [0.05, 0.1) is 6.20 Å². The van der Waals surface area contributed by atoms with Crippen molar-refractivity contribution in [1.82, 2.24) is 30.0 Å². The molecule has 1 N–H and O–H groups in total. The predicted molar refractivity (Wildman–Crippen MR) is 120 cm³/mol. The number of benzene rings is 1. The van der Waals surface area contributed by atoms with Crippen LogP contribution < -0.4 is 10.2 Å². The van der Waals surface area contributed by atoms with E-state index in [-0.39, 0.29) is 6.04 Å². The number of nitrogens with zero attached hydrogens (tertiary/aromatic N) is 6. The van der Waals surface area contributed by atoms with Gasteiger partial charge >= 0.3 is 0 Å². The Balaban J connectivity index is 1.43. The minimum atomic E-state index is 0.242. The molecular weight excluding hydrogens is 390 g/mol. The third kappa shape index (κ3) is 3.94. The van der Waals surface area contributed by atoms with Gasteiger partial charge in [0.25, 0.3) is 0 Å². The Kier molecular flexibility index (Phi) is 5.21. The van der Waals surface area contributed by atoms with E-state index in [9.17, 15) is 0 Å². The smallest absolute Gasteiger partial charge is 0.245 e. The van der Waals surface area contributed by atoms with E-state index in [1.807, 2.05) is 28.8 Å². The SMILES string of the molecule is CC(C)n1cnnc1-c1cccc(-c2ncc(-c3cccc(N4CCNCC4)c3)o2)n1. The average Bonchev–Trinajstić information content (AvgIpc) is 3.50. The van der Waals surface area contributed by atoms with Crippen molar-refractivity contribution in [3.8, 4) is 34.4 Å². The molecule has 0 radical (unpaired) electrons. The highest BCUT2D eigenvalue weighted by Crippen LogP contribution is 2.29. The van der Waals surface area contributed by atoms with Gasteiger partial charge in [0.2, 0.25) is 5.89 Å². The van der Waals surface area contributed by atoms with Crippen LogP contribution in [0.5, 0.6) is 0 Å². The van der Waals surface area contributed by atoms with Gasteiger partial charge in [-0.2, -0.15) is 0 Å². The molecule has 8 heteroatoms. The zero-order valence-electron chi connectivity index (χ0n) is 17.7. The van der Waals surface area contributed by atoms with Crippen molar-refractivity contribution in [1.29, 1.82) is 0 Å². The fourth-order valence-electron chi connectivity index (χ4n) is 3.79. The molecule has 1 aromatic carbocycles. The van der Waals surface area contributed by atoms with E-state index < -0.39 is 0 Å². The minimum Gasteiger partial charge on any atom is -0.435 e. The Morgan fingerprint density at radius 2 is 1.84 bits per heavy atom. The van der Waals surface area contributed by atoms with Crippen molar-refractivity contribution in [2.45, 2.75) is 19.9 Å². The standard InChI is InChI=1S/C23H25N7O/c1-16(2)30-15-26-28-22(30)19-7-4-8-20(27-19)23-25-14-21(31-23)17-5-3-6-18(13-17)29-11-9-24-10-12-29/h3-8,13-16,24H,9-12H2,1-2H3. The van der Waals surface area contributed by atoms with Crippen molar-refractivity contribution < 1.29 is 4.42 Å². The monoisotopic (exact) mass is 415 g/mol. The summed E-state index contributed by atoms with van der Waals surface area (Å²) in [6.45, 7) is 8.19. The molecule has 0 atom stereocenters. The van der Waals surface area contributed by atoms with Gasteiger partial charge in [-0.25, -0.2) is 9.97 Å². The summed E-state index contributed by atoms with van der Waals surface area (Å²) in [6, 6.07) is 14.4. The Hall–Kier alpha value is -3.52. The Morgan fingerprint density at radius 3 is 2.68 bits per heavy atom. The molecule has 4 heterocycles. The van der Waals surface area contributed by atoms with E-state index in [2.05, 4.69) is 57.4 Å². The molecule has 1 saturated heterocycles. The summed E-state index contributed by atoms with van der Waals surface area (Å²) in [4.78, 5) is 11.6. The second kappa shape index (κ2) is 8.31. The highest BCUT2D eigenvalue weighted by atomic mass is 16.4. The van der Waals surface area contributed by atoms with E-state index in [4.69, 9.17) is 9.40 Å². The van der Waals surface area contributed by atoms with Gasteiger partial charge in [0, 0.05) is 43.5 Å². The van der Waals surface area contributed by atoms with Gasteiger partial charge in [-0.1, -0.05) is 18.2 Å². The molecule has 0 unspecified atom stereocenters. The summed E-state index contributed by atoms with van der Waals surface area (Å²) in [5.74, 6) is 1.94. The number of rotatable bonds is 5. The van der Waals surface area contributed by atoms with Gasteiger partial charge in [0.15, 0.2) is 11.6 Å². The first-order chi connectivity index (χ1) is 15.2. The first kappa shape index (κ1) is 19.4. The molecule has 1 aliphatic heterocycles. The number of anilines is 1. The zero-order valence-corrected chi connectivity index (χ0v) is 17.7. The van der Waals surface area contributed by atoms with E-state index in [0.717, 1.165) is 49.0 Å². The molecule has 158 valence electrons. The lowest BCUT2D eigenvalue weighted by molar-refractivity contribution is 0.584. The van der Waals surface area contributed by atoms with Crippen LogP contribution in [0.25, 0.3) is 34.4 Å². The molecule has 0 amide bonds. The van der Waals surface area contributed by atoms with Crippen LogP contribution in [0, 0.1) is 0 Å². The molecule has 0 bridgehead atoms. The topological polar surface area (TPSA) is 84.9 Å². The number of oxazole rings is 1. The fraction of sp³-hybridized carbons (Fsp3) is 0.304. The maximum absolute atomic E-state index is 6.10. The number of nitrogens with one attached hydrogen (secondary N) is 1. The fourth-order valence-corrected chi connectivity index (χ4v) is 3.79. The number of pyridine rings is 1. The van der Waals surface area contributed by atoms with E-state index in [1.54, 1.807) is 12.5 Å². The van der Waals surface area contributed by atoms with Crippen LogP contribution >= 0.6 is 0 Å². The van der Waals surface area contributed by atoms with Crippen molar-refractivity contribution >= 4 is 5.69 Å². The van der Waals surface area contributed by atoms with Crippen molar-refractivity contribution in [2.75, 3.05) is 31.1 Å². The lowest BCUT2D eigenvalue weighted by Crippen LogP contribution is -2.43. The summed E-state index contributed by atoms with van der Waals surface area (Å²) < 4.78 is 8.10. The first-order valence-corrected chi connectivity index (χ1v) is 10.6. The van der Waals surface area contributed by atoms with E-state index in [1.165, 1.54) is 5.69 Å². The molecule has 4 aromatic rings. The highest BCUT2D eigenvalue weighted by molar-refractivity contribution is 5.66. The molecule has 1 fully saturated rings. The van der Waals surface area contributed by atoms with Gasteiger partial charge < -0.3 is 19.2 Å². The van der Waals surface area contributed by atoms with Crippen LogP contribution in [-0.2, 0) is 0 Å². The maximum Gasteiger partial charge on any atom is 0.245 e. The Bertz CT molecular complexity index is 1170. The van der Waals surface area contributed by atoms with Crippen LogP contribution in [0.15, 0.2) is 59.4 Å². The first-order valence-electron chi connectivity index (χ1n) is 10.6. The van der Waals surface area contributed by atoms with E-state index >= 15 is 0 Å². The normalized spacial score (nSPS) is 14.4. The van der Waals surface area contributed by atoms with Gasteiger partial charge in [0.1, 0.15) is 17.7 Å². The lowest BCUT2D eigenvalue weighted by atomic mass is 10.1. The summed E-state index contributed by atoms with van der Waals surface area (Å²) in [6.07, 6.45) is 3.49. The molecule has 5 rings (SSSR count). The molecule has 1 aliphatic rings. The number of aromatic nitrogens is 5. The molecule has 8 nitrogen and oxygen atoms in total. The molecule has 0 saturated carbocycles. The van der Waals surface area contributed by atoms with Crippen LogP contribution in [0.3, 0.4) is 0 Å². The molecule has 3 aromatic heterocycles. The summed E-state index contributed by atoms with van der Waals surface area (Å²) >= 11 is 0. The number of hydrogen-bond donors (Lipinski definition) is 1. The quantitative estimate of drug-likeness (QED) is 0.532. The van der Waals surface area contributed by atoms with Gasteiger partial charge in [-0.05, 0) is 38.1 Å². The zero-order chi connectivity index (χ0) is 21.2. The molecule has 0 spiro atoms. The second-order valence-electron chi connectivity index (χ2n) is 7.88. The number of piperazine rings is 1. The Labute approximate surface area is 181 Å². The third-order valence-electron chi connectivity index (χ3n) is 5.45. The molecule has 31 heavy (non-hydrogen) atoms. The molecular formula is C23H25N7O. The van der Waals surface area contributed by atoms with Crippen LogP contribution in [0.1, 0.15) is 19.9 Å². The van der Waals surface area contributed by atoms with Crippen LogP contribution in [0.4, 0.5) is 5.69 Å². The number of hydrogen-bond acceptors (Lipinski definition) is 7. The maximum atomic E-state index is 6.10. The minimum absolute atomic E-state index is 0.242. The van der Waals surface area contributed by atoms with Crippen LogP contribution in [-0.4, -0.2) is 50.9 Å². The van der Waals surface area contributed by atoms with Crippen molar-refractivity contribution in [3.05, 3.63) is 55.0 Å². The summed E-state index contributed by atoms with van der Waals surface area (Å²) in [5.41, 5.74) is 3.61. The largest absolute Gasteiger partial charge is 0.435 e. The summed E-state index contributed by atoms with van der Waals surface area (Å²) in [7, 11) is 0. The Morgan fingerprint density at radius 1 is 1.03 bits per heavy atom.